The highest BCUT2D eigenvalue weighted by molar-refractivity contribution is 6.11. The van der Waals surface area contributed by atoms with Crippen LogP contribution in [0.2, 0.25) is 0 Å². The Balaban J connectivity index is 1.20. The summed E-state index contributed by atoms with van der Waals surface area (Å²) in [6.45, 7) is 0. The molecule has 0 saturated heterocycles. The Morgan fingerprint density at radius 2 is 1.02 bits per heavy atom. The molecule has 0 amide bonds. The molecule has 7 aromatic carbocycles. The molecular weight excluding hydrogens is 611 g/mol. The molecule has 0 aliphatic heterocycles. The summed E-state index contributed by atoms with van der Waals surface area (Å²) in [4.78, 5) is 0. The number of nitrogens with zero attached hydrogens (tertiary/aromatic N) is 5. The van der Waals surface area contributed by atoms with Gasteiger partial charge in [0.15, 0.2) is 0 Å². The third-order valence-corrected chi connectivity index (χ3v) is 9.62. The summed E-state index contributed by atoms with van der Waals surface area (Å²) in [6.07, 6.45) is 0. The fourth-order valence-electron chi connectivity index (χ4n) is 7.39. The maximum atomic E-state index is 10.6. The van der Waals surface area contributed by atoms with Crippen molar-refractivity contribution in [2.75, 3.05) is 0 Å². The number of para-hydroxylation sites is 3. The molecular formula is C45H25N5. The summed E-state index contributed by atoms with van der Waals surface area (Å²) in [5.74, 6) is 0. The van der Waals surface area contributed by atoms with Crippen molar-refractivity contribution in [3.63, 3.8) is 0 Å². The van der Waals surface area contributed by atoms with Crippen LogP contribution in [0.1, 0.15) is 16.7 Å². The Morgan fingerprint density at radius 3 is 1.78 bits per heavy atom. The Labute approximate surface area is 287 Å². The highest BCUT2D eigenvalue weighted by Crippen LogP contribution is 2.39. The van der Waals surface area contributed by atoms with Crippen molar-refractivity contribution in [3.8, 4) is 51.8 Å². The molecule has 9 aromatic rings. The zero-order valence-electron chi connectivity index (χ0n) is 26.7. The molecule has 0 saturated carbocycles. The summed E-state index contributed by atoms with van der Waals surface area (Å²) >= 11 is 0. The van der Waals surface area contributed by atoms with Crippen LogP contribution in [0.3, 0.4) is 0 Å². The van der Waals surface area contributed by atoms with E-state index in [2.05, 4.69) is 106 Å². The number of nitriles is 3. The molecule has 0 fully saturated rings. The molecule has 230 valence electrons. The van der Waals surface area contributed by atoms with Gasteiger partial charge in [-0.15, -0.1) is 0 Å². The van der Waals surface area contributed by atoms with Crippen LogP contribution in [0.4, 0.5) is 0 Å². The van der Waals surface area contributed by atoms with Gasteiger partial charge < -0.3 is 9.13 Å². The number of fused-ring (bicyclic) bond motifs is 6. The minimum absolute atomic E-state index is 0.546. The summed E-state index contributed by atoms with van der Waals surface area (Å²) in [5, 5.41) is 34.3. The lowest BCUT2D eigenvalue weighted by atomic mass is 9.94. The first-order valence-electron chi connectivity index (χ1n) is 16.3. The molecule has 5 nitrogen and oxygen atoms in total. The fraction of sp³-hybridized carbons (Fsp3) is 0. The van der Waals surface area contributed by atoms with Gasteiger partial charge in [-0.1, -0.05) is 84.9 Å². The minimum atomic E-state index is 0.546. The van der Waals surface area contributed by atoms with E-state index in [9.17, 15) is 15.8 Å². The van der Waals surface area contributed by atoms with Gasteiger partial charge in [-0.25, -0.2) is 0 Å². The predicted octanol–water partition coefficient (Wildman–Crippen LogP) is 10.8. The molecule has 5 heteroatoms. The predicted molar refractivity (Wildman–Crippen MR) is 200 cm³/mol. The number of benzene rings is 7. The Hall–Kier alpha value is -7.39. The van der Waals surface area contributed by atoms with Gasteiger partial charge in [-0.2, -0.15) is 15.8 Å². The summed E-state index contributed by atoms with van der Waals surface area (Å²) in [7, 11) is 0. The van der Waals surface area contributed by atoms with E-state index in [1.54, 1.807) is 6.07 Å². The van der Waals surface area contributed by atoms with E-state index in [1.807, 2.05) is 66.7 Å². The second-order valence-electron chi connectivity index (χ2n) is 12.3. The van der Waals surface area contributed by atoms with Crippen molar-refractivity contribution in [1.82, 2.24) is 9.13 Å². The fourth-order valence-corrected chi connectivity index (χ4v) is 7.39. The summed E-state index contributed by atoms with van der Waals surface area (Å²) in [5.41, 5.74) is 11.3. The number of hydrogen-bond donors (Lipinski definition) is 0. The maximum Gasteiger partial charge on any atom is 0.0998 e. The van der Waals surface area contributed by atoms with Crippen molar-refractivity contribution in [2.24, 2.45) is 0 Å². The molecule has 0 spiro atoms. The van der Waals surface area contributed by atoms with E-state index in [0.717, 1.165) is 66.5 Å². The lowest BCUT2D eigenvalue weighted by Gasteiger charge is -2.16. The second kappa shape index (κ2) is 11.4. The Morgan fingerprint density at radius 1 is 0.380 bits per heavy atom. The lowest BCUT2D eigenvalue weighted by Crippen LogP contribution is -1.99. The van der Waals surface area contributed by atoms with Gasteiger partial charge in [0.2, 0.25) is 0 Å². The average Bonchev–Trinajstić information content (AvgIpc) is 3.69. The van der Waals surface area contributed by atoms with E-state index in [0.29, 0.717) is 16.7 Å². The molecule has 0 aliphatic rings. The van der Waals surface area contributed by atoms with E-state index in [4.69, 9.17) is 0 Å². The van der Waals surface area contributed by atoms with Crippen molar-refractivity contribution in [2.45, 2.75) is 0 Å². The molecule has 2 heterocycles. The minimum Gasteiger partial charge on any atom is -0.309 e. The van der Waals surface area contributed by atoms with E-state index < -0.39 is 0 Å². The van der Waals surface area contributed by atoms with Gasteiger partial charge in [0.1, 0.15) is 0 Å². The lowest BCUT2D eigenvalue weighted by molar-refractivity contribution is 1.18. The number of hydrogen-bond acceptors (Lipinski definition) is 3. The first-order chi connectivity index (χ1) is 24.7. The molecule has 0 atom stereocenters. The van der Waals surface area contributed by atoms with Crippen LogP contribution >= 0.6 is 0 Å². The standard InChI is InChI=1S/C45H25N5/c46-26-29-17-21-44-40(22-29)39-19-16-30(27-47)23-45(39)50(44)43-15-6-1-10-36(43)35-20-18-32(24-33(35)28-48)31-8-7-9-34(25-31)49-41-13-4-2-11-37(41)38-12-3-5-14-42(38)49/h1-25H. The van der Waals surface area contributed by atoms with Gasteiger partial charge in [-0.3, -0.25) is 0 Å². The first kappa shape index (κ1) is 28.8. The van der Waals surface area contributed by atoms with E-state index in [1.165, 1.54) is 10.8 Å². The molecule has 0 N–H and O–H groups in total. The SMILES string of the molecule is N#Cc1ccc2c(c1)c1ccc(C#N)cc1n2-c1ccccc1-c1ccc(-c2cccc(-n3c4ccccc4c4ccccc43)c2)cc1C#N. The molecule has 50 heavy (non-hydrogen) atoms. The largest absolute Gasteiger partial charge is 0.309 e. The van der Waals surface area contributed by atoms with Crippen LogP contribution in [0.5, 0.6) is 0 Å². The van der Waals surface area contributed by atoms with Crippen LogP contribution in [-0.2, 0) is 0 Å². The Bertz CT molecular complexity index is 2920. The molecule has 0 radical (unpaired) electrons. The van der Waals surface area contributed by atoms with Crippen LogP contribution < -0.4 is 0 Å². The normalized spacial score (nSPS) is 11.1. The first-order valence-corrected chi connectivity index (χ1v) is 16.3. The molecule has 0 bridgehead atoms. The maximum absolute atomic E-state index is 10.6. The van der Waals surface area contributed by atoms with Crippen molar-refractivity contribution in [1.29, 1.82) is 15.8 Å². The topological polar surface area (TPSA) is 81.2 Å². The van der Waals surface area contributed by atoms with Crippen molar-refractivity contribution in [3.05, 3.63) is 168 Å². The summed E-state index contributed by atoms with van der Waals surface area (Å²) < 4.78 is 4.43. The van der Waals surface area contributed by atoms with Gasteiger partial charge >= 0.3 is 0 Å². The second-order valence-corrected chi connectivity index (χ2v) is 12.3. The highest BCUT2D eigenvalue weighted by atomic mass is 15.0. The third-order valence-electron chi connectivity index (χ3n) is 9.62. The molecule has 0 unspecified atom stereocenters. The van der Waals surface area contributed by atoms with Gasteiger partial charge in [-0.05, 0) is 77.9 Å². The average molecular weight is 636 g/mol. The van der Waals surface area contributed by atoms with Gasteiger partial charge in [0.05, 0.1) is 62.7 Å². The van der Waals surface area contributed by atoms with Crippen LogP contribution in [0, 0.1) is 34.0 Å². The van der Waals surface area contributed by atoms with Crippen LogP contribution in [-0.4, -0.2) is 9.13 Å². The molecule has 2 aromatic heterocycles. The number of aromatic nitrogens is 2. The smallest absolute Gasteiger partial charge is 0.0998 e. The monoisotopic (exact) mass is 635 g/mol. The van der Waals surface area contributed by atoms with Crippen molar-refractivity contribution < 1.29 is 0 Å². The van der Waals surface area contributed by atoms with Gasteiger partial charge in [0.25, 0.3) is 0 Å². The van der Waals surface area contributed by atoms with E-state index >= 15 is 0 Å². The van der Waals surface area contributed by atoms with Gasteiger partial charge in [0, 0.05) is 38.4 Å². The van der Waals surface area contributed by atoms with Crippen LogP contribution in [0.15, 0.2) is 152 Å². The number of rotatable bonds is 4. The molecule has 9 rings (SSSR count). The zero-order chi connectivity index (χ0) is 33.8. The van der Waals surface area contributed by atoms with Crippen molar-refractivity contribution >= 4 is 43.6 Å². The summed E-state index contributed by atoms with van der Waals surface area (Å²) in [6, 6.07) is 57.8. The van der Waals surface area contributed by atoms with E-state index in [-0.39, 0.29) is 0 Å². The Kier molecular flexibility index (Phi) is 6.56. The molecule has 0 aliphatic carbocycles. The third kappa shape index (κ3) is 4.38. The quantitative estimate of drug-likeness (QED) is 0.193. The highest BCUT2D eigenvalue weighted by Gasteiger charge is 2.19. The van der Waals surface area contributed by atoms with Crippen LogP contribution in [0.25, 0.3) is 77.2 Å². The zero-order valence-corrected chi connectivity index (χ0v) is 26.7.